The molecule has 2 aromatic carbocycles. The van der Waals surface area contributed by atoms with Crippen LogP contribution < -0.4 is 14.8 Å². The molecule has 3 rings (SSSR count). The largest absolute Gasteiger partial charge is 0.493 e. The van der Waals surface area contributed by atoms with E-state index in [2.05, 4.69) is 5.32 Å². The number of halogens is 1. The van der Waals surface area contributed by atoms with Gasteiger partial charge in [-0.15, -0.1) is 0 Å². The highest BCUT2D eigenvalue weighted by Gasteiger charge is 2.35. The van der Waals surface area contributed by atoms with E-state index in [-0.39, 0.29) is 16.8 Å². The van der Waals surface area contributed by atoms with E-state index >= 15 is 0 Å². The number of nitrogens with one attached hydrogen (secondary N) is 1. The summed E-state index contributed by atoms with van der Waals surface area (Å²) in [6.07, 6.45) is 1.38. The monoisotopic (exact) mass is 388 g/mol. The number of hydrogen-bond acceptors (Lipinski definition) is 4. The van der Waals surface area contributed by atoms with Crippen molar-refractivity contribution in [2.45, 2.75) is 18.9 Å². The minimum atomic E-state index is -0.524. The van der Waals surface area contributed by atoms with Crippen LogP contribution >= 0.6 is 11.6 Å². The predicted molar refractivity (Wildman–Crippen MR) is 104 cm³/mol. The highest BCUT2D eigenvalue weighted by molar-refractivity contribution is 6.32. The van der Waals surface area contributed by atoms with Crippen molar-refractivity contribution < 1.29 is 19.1 Å². The van der Waals surface area contributed by atoms with Crippen LogP contribution in [0.4, 0.5) is 5.69 Å². The van der Waals surface area contributed by atoms with E-state index in [1.54, 1.807) is 11.0 Å². The maximum Gasteiger partial charge on any atom is 0.254 e. The molecular formula is C20H21ClN2O4. The minimum absolute atomic E-state index is 0.196. The zero-order valence-electron chi connectivity index (χ0n) is 15.2. The first-order valence-electron chi connectivity index (χ1n) is 8.63. The van der Waals surface area contributed by atoms with Crippen molar-refractivity contribution in [1.29, 1.82) is 0 Å². The fraction of sp³-hybridized carbons (Fsp3) is 0.300. The Morgan fingerprint density at radius 1 is 1.15 bits per heavy atom. The third-order valence-corrected chi connectivity index (χ3v) is 4.82. The van der Waals surface area contributed by atoms with E-state index in [4.69, 9.17) is 21.1 Å². The van der Waals surface area contributed by atoms with Crippen LogP contribution in [0.5, 0.6) is 11.5 Å². The number of carbonyl (C=O) groups excluding carboxylic acids is 2. The molecule has 142 valence electrons. The van der Waals surface area contributed by atoms with E-state index in [1.165, 1.54) is 20.3 Å². The Morgan fingerprint density at radius 3 is 2.56 bits per heavy atom. The van der Waals surface area contributed by atoms with Gasteiger partial charge in [0.05, 0.1) is 19.2 Å². The number of rotatable bonds is 5. The summed E-state index contributed by atoms with van der Waals surface area (Å²) in [5.74, 6) is 0.288. The molecule has 1 atom stereocenters. The summed E-state index contributed by atoms with van der Waals surface area (Å²) in [6.45, 7) is 0.512. The van der Waals surface area contributed by atoms with Crippen molar-refractivity contribution in [3.05, 3.63) is 53.1 Å². The lowest BCUT2D eigenvalue weighted by atomic mass is 10.1. The fourth-order valence-electron chi connectivity index (χ4n) is 3.24. The molecule has 0 radical (unpaired) electrons. The summed E-state index contributed by atoms with van der Waals surface area (Å²) < 4.78 is 10.5. The Hall–Kier alpha value is -2.73. The van der Waals surface area contributed by atoms with Gasteiger partial charge in [-0.2, -0.15) is 0 Å². The van der Waals surface area contributed by atoms with Gasteiger partial charge in [-0.3, -0.25) is 9.59 Å². The second-order valence-electron chi connectivity index (χ2n) is 6.21. The molecule has 1 aliphatic heterocycles. The first-order chi connectivity index (χ1) is 13.0. The number of methoxy groups -OCH3 is 2. The smallest absolute Gasteiger partial charge is 0.254 e. The second-order valence-corrected chi connectivity index (χ2v) is 6.61. The fourth-order valence-corrected chi connectivity index (χ4v) is 3.52. The Kier molecular flexibility index (Phi) is 5.86. The van der Waals surface area contributed by atoms with Gasteiger partial charge in [0, 0.05) is 17.8 Å². The summed E-state index contributed by atoms with van der Waals surface area (Å²) in [7, 11) is 2.96. The van der Waals surface area contributed by atoms with E-state index in [0.717, 1.165) is 6.42 Å². The normalized spacial score (nSPS) is 16.1. The molecule has 1 unspecified atom stereocenters. The summed E-state index contributed by atoms with van der Waals surface area (Å²) in [5, 5.41) is 3.15. The van der Waals surface area contributed by atoms with Gasteiger partial charge in [0.1, 0.15) is 6.04 Å². The first-order valence-corrected chi connectivity index (χ1v) is 9.01. The van der Waals surface area contributed by atoms with Crippen LogP contribution in [-0.4, -0.2) is 43.5 Å². The maximum absolute atomic E-state index is 13.0. The van der Waals surface area contributed by atoms with Gasteiger partial charge in [-0.1, -0.05) is 29.8 Å². The lowest BCUT2D eigenvalue weighted by Crippen LogP contribution is -2.43. The number of ether oxygens (including phenoxy) is 2. The molecule has 0 bridgehead atoms. The molecule has 0 saturated carbocycles. The topological polar surface area (TPSA) is 67.9 Å². The summed E-state index contributed by atoms with van der Waals surface area (Å²) in [6, 6.07) is 11.8. The van der Waals surface area contributed by atoms with Gasteiger partial charge in [-0.25, -0.2) is 0 Å². The molecule has 1 N–H and O–H groups in total. The summed E-state index contributed by atoms with van der Waals surface area (Å²) in [4.78, 5) is 27.3. The van der Waals surface area contributed by atoms with Crippen LogP contribution in [0.3, 0.4) is 0 Å². The lowest BCUT2D eigenvalue weighted by molar-refractivity contribution is -0.119. The van der Waals surface area contributed by atoms with Gasteiger partial charge in [0.2, 0.25) is 5.91 Å². The average Bonchev–Trinajstić information content (AvgIpc) is 3.17. The number of likely N-dealkylation sites (tertiary alicyclic amines) is 1. The standard InChI is InChI=1S/C20H21ClN2O4/c1-26-17-12-13(11-15(21)18(17)27-2)20(25)23-10-6-9-16(23)19(24)22-14-7-4-3-5-8-14/h3-5,7-8,11-12,16H,6,9-10H2,1-2H3,(H,22,24). The number of nitrogens with zero attached hydrogens (tertiary/aromatic N) is 1. The summed E-state index contributed by atoms with van der Waals surface area (Å²) >= 11 is 6.22. The van der Waals surface area contributed by atoms with Crippen molar-refractivity contribution >= 4 is 29.1 Å². The number of anilines is 1. The molecule has 1 heterocycles. The van der Waals surface area contributed by atoms with Crippen LogP contribution in [0.25, 0.3) is 0 Å². The molecule has 1 fully saturated rings. The molecule has 6 nitrogen and oxygen atoms in total. The third-order valence-electron chi connectivity index (χ3n) is 4.54. The Bertz CT molecular complexity index is 841. The zero-order chi connectivity index (χ0) is 19.4. The molecule has 7 heteroatoms. The minimum Gasteiger partial charge on any atom is -0.493 e. The Balaban J connectivity index is 1.81. The SMILES string of the molecule is COc1cc(C(=O)N2CCCC2C(=O)Nc2ccccc2)cc(Cl)c1OC. The zero-order valence-corrected chi connectivity index (χ0v) is 16.0. The molecule has 0 spiro atoms. The van der Waals surface area contributed by atoms with Crippen LogP contribution in [0, 0.1) is 0 Å². The molecule has 27 heavy (non-hydrogen) atoms. The van der Waals surface area contributed by atoms with Crippen molar-refractivity contribution in [2.75, 3.05) is 26.1 Å². The maximum atomic E-state index is 13.0. The second kappa shape index (κ2) is 8.31. The van der Waals surface area contributed by atoms with Crippen molar-refractivity contribution in [2.24, 2.45) is 0 Å². The molecule has 2 aromatic rings. The van der Waals surface area contributed by atoms with Gasteiger partial charge in [-0.05, 0) is 37.1 Å². The molecule has 0 aromatic heterocycles. The summed E-state index contributed by atoms with van der Waals surface area (Å²) in [5.41, 5.74) is 1.06. The molecular weight excluding hydrogens is 368 g/mol. The molecule has 1 aliphatic rings. The first kappa shape index (κ1) is 19.0. The van der Waals surface area contributed by atoms with E-state index in [0.29, 0.717) is 35.7 Å². The van der Waals surface area contributed by atoms with Crippen molar-refractivity contribution in [3.8, 4) is 11.5 Å². The third kappa shape index (κ3) is 4.01. The van der Waals surface area contributed by atoms with Crippen LogP contribution in [0.1, 0.15) is 23.2 Å². The van der Waals surface area contributed by atoms with Crippen molar-refractivity contribution in [1.82, 2.24) is 4.90 Å². The molecule has 1 saturated heterocycles. The van der Waals surface area contributed by atoms with Gasteiger partial charge in [0.15, 0.2) is 11.5 Å². The quantitative estimate of drug-likeness (QED) is 0.849. The number of hydrogen-bond donors (Lipinski definition) is 1. The Morgan fingerprint density at radius 2 is 1.89 bits per heavy atom. The lowest BCUT2D eigenvalue weighted by Gasteiger charge is -2.24. The average molecular weight is 389 g/mol. The highest BCUT2D eigenvalue weighted by atomic mass is 35.5. The van der Waals surface area contributed by atoms with E-state index in [9.17, 15) is 9.59 Å². The highest BCUT2D eigenvalue weighted by Crippen LogP contribution is 2.36. The van der Waals surface area contributed by atoms with Crippen LogP contribution in [0.15, 0.2) is 42.5 Å². The van der Waals surface area contributed by atoms with Crippen LogP contribution in [-0.2, 0) is 4.79 Å². The Labute approximate surface area is 163 Å². The molecule has 2 amide bonds. The van der Waals surface area contributed by atoms with Gasteiger partial charge in [0.25, 0.3) is 5.91 Å². The molecule has 0 aliphatic carbocycles. The number of para-hydroxylation sites is 1. The van der Waals surface area contributed by atoms with E-state index < -0.39 is 6.04 Å². The number of benzene rings is 2. The number of carbonyl (C=O) groups is 2. The van der Waals surface area contributed by atoms with Crippen molar-refractivity contribution in [3.63, 3.8) is 0 Å². The predicted octanol–water partition coefficient (Wildman–Crippen LogP) is 3.60. The van der Waals surface area contributed by atoms with Crippen LogP contribution in [0.2, 0.25) is 5.02 Å². The number of amides is 2. The van der Waals surface area contributed by atoms with E-state index in [1.807, 2.05) is 30.3 Å². The van der Waals surface area contributed by atoms with Gasteiger partial charge >= 0.3 is 0 Å². The van der Waals surface area contributed by atoms with Gasteiger partial charge < -0.3 is 19.7 Å².